The van der Waals surface area contributed by atoms with Gasteiger partial charge in [-0.05, 0) is 24.3 Å². The molecule has 4 amide bonds. The summed E-state index contributed by atoms with van der Waals surface area (Å²) in [7, 11) is 4.44. The molecule has 2 aromatic carbocycles. The molecule has 0 fully saturated rings. The van der Waals surface area contributed by atoms with Crippen molar-refractivity contribution in [2.24, 2.45) is 5.92 Å². The van der Waals surface area contributed by atoms with E-state index < -0.39 is 35.7 Å². The van der Waals surface area contributed by atoms with E-state index in [4.69, 9.17) is 14.2 Å². The second-order valence-electron chi connectivity index (χ2n) is 9.52. The number of benzene rings is 2. The van der Waals surface area contributed by atoms with Gasteiger partial charge in [-0.3, -0.25) is 14.4 Å². The van der Waals surface area contributed by atoms with Crippen molar-refractivity contribution in [3.05, 3.63) is 53.6 Å². The highest BCUT2D eigenvalue weighted by Crippen LogP contribution is 2.33. The molecule has 11 heteroatoms. The van der Waals surface area contributed by atoms with Gasteiger partial charge in [-0.2, -0.15) is 0 Å². The van der Waals surface area contributed by atoms with Crippen LogP contribution in [0.25, 0.3) is 0 Å². The number of rotatable bonds is 15. The van der Waals surface area contributed by atoms with Crippen LogP contribution in [-0.4, -0.2) is 57.0 Å². The maximum Gasteiger partial charge on any atom is 0.315 e. The second-order valence-corrected chi connectivity index (χ2v) is 9.52. The number of ether oxygens (including phenoxy) is 3. The van der Waals surface area contributed by atoms with Crippen LogP contribution in [0.1, 0.15) is 44.7 Å². The molecule has 2 atom stereocenters. The van der Waals surface area contributed by atoms with Gasteiger partial charge in [-0.1, -0.05) is 51.1 Å². The van der Waals surface area contributed by atoms with E-state index in [9.17, 15) is 19.2 Å². The molecule has 0 aliphatic carbocycles. The van der Waals surface area contributed by atoms with E-state index >= 15 is 0 Å². The summed E-state index contributed by atoms with van der Waals surface area (Å²) in [6.07, 6.45) is 0.528. The molecule has 0 aliphatic rings. The van der Waals surface area contributed by atoms with Crippen LogP contribution in [0.15, 0.2) is 42.5 Å². The Morgan fingerprint density at radius 1 is 0.800 bits per heavy atom. The number of urea groups is 1. The van der Waals surface area contributed by atoms with Crippen LogP contribution in [0.4, 0.5) is 4.79 Å². The molecule has 40 heavy (non-hydrogen) atoms. The van der Waals surface area contributed by atoms with Crippen molar-refractivity contribution in [1.29, 1.82) is 0 Å². The number of methoxy groups -OCH3 is 3. The standard InChI is InChI=1S/C29H40N4O7/c1-7-22(26(34)28(36)30-17-21-24(39-5)14-20(38-4)15-25(21)40-6)32-27(35)23(13-18(2)3)33-29(37)31-16-19-11-9-8-10-12-19/h8-12,14-15,18,22-23H,7,13,16-17H2,1-6H3,(H,30,36)(H,32,35)(H2,31,33,37). The SMILES string of the molecule is CCC(NC(=O)C(CC(C)C)NC(=O)NCc1ccccc1)C(=O)C(=O)NCc1c(OC)cc(OC)cc1OC. The minimum Gasteiger partial charge on any atom is -0.496 e. The number of hydrogen-bond donors (Lipinski definition) is 4. The van der Waals surface area contributed by atoms with E-state index in [1.54, 1.807) is 19.1 Å². The number of Topliss-reactive ketones (excluding diaryl/α,β-unsaturated/α-hetero) is 1. The Kier molecular flexibility index (Phi) is 12.7. The zero-order chi connectivity index (χ0) is 29.7. The third-order valence-corrected chi connectivity index (χ3v) is 6.13. The summed E-state index contributed by atoms with van der Waals surface area (Å²) in [4.78, 5) is 51.3. The molecule has 0 aliphatic heterocycles. The quantitative estimate of drug-likeness (QED) is 0.247. The van der Waals surface area contributed by atoms with E-state index in [2.05, 4.69) is 21.3 Å². The lowest BCUT2D eigenvalue weighted by atomic mass is 10.0. The van der Waals surface area contributed by atoms with Gasteiger partial charge in [0.15, 0.2) is 0 Å². The molecule has 218 valence electrons. The first kappa shape index (κ1) is 31.9. The summed E-state index contributed by atoms with van der Waals surface area (Å²) in [5.41, 5.74) is 1.43. The fraction of sp³-hybridized carbons (Fsp3) is 0.448. The summed E-state index contributed by atoms with van der Waals surface area (Å²) in [6.45, 7) is 5.76. The van der Waals surface area contributed by atoms with Gasteiger partial charge in [0.25, 0.3) is 5.91 Å². The minimum atomic E-state index is -1.07. The van der Waals surface area contributed by atoms with Crippen LogP contribution in [0.5, 0.6) is 17.2 Å². The maximum atomic E-state index is 13.1. The van der Waals surface area contributed by atoms with E-state index in [1.165, 1.54) is 21.3 Å². The Labute approximate surface area is 235 Å². The average molecular weight is 557 g/mol. The van der Waals surface area contributed by atoms with Crippen LogP contribution in [0.2, 0.25) is 0 Å². The Hall–Kier alpha value is -4.28. The van der Waals surface area contributed by atoms with Crippen molar-refractivity contribution in [3.8, 4) is 17.2 Å². The average Bonchev–Trinajstić information content (AvgIpc) is 2.96. The van der Waals surface area contributed by atoms with Crippen molar-refractivity contribution < 1.29 is 33.4 Å². The number of ketones is 1. The molecule has 0 heterocycles. The van der Waals surface area contributed by atoms with Crippen LogP contribution in [0, 0.1) is 5.92 Å². The number of carbonyl (C=O) groups excluding carboxylic acids is 4. The first-order chi connectivity index (χ1) is 19.1. The molecule has 2 aromatic rings. The van der Waals surface area contributed by atoms with Crippen molar-refractivity contribution >= 4 is 23.6 Å². The zero-order valence-corrected chi connectivity index (χ0v) is 24.0. The van der Waals surface area contributed by atoms with Crippen molar-refractivity contribution in [2.45, 2.75) is 58.8 Å². The Morgan fingerprint density at radius 2 is 1.43 bits per heavy atom. The van der Waals surface area contributed by atoms with Crippen LogP contribution < -0.4 is 35.5 Å². The topological polar surface area (TPSA) is 144 Å². The lowest BCUT2D eigenvalue weighted by molar-refractivity contribution is -0.140. The monoisotopic (exact) mass is 556 g/mol. The number of hydrogen-bond acceptors (Lipinski definition) is 7. The molecule has 0 bridgehead atoms. The van der Waals surface area contributed by atoms with Gasteiger partial charge in [0.2, 0.25) is 11.7 Å². The fourth-order valence-corrected chi connectivity index (χ4v) is 3.98. The van der Waals surface area contributed by atoms with Crippen LogP contribution >= 0.6 is 0 Å². The molecule has 11 nitrogen and oxygen atoms in total. The maximum absolute atomic E-state index is 13.1. The highest BCUT2D eigenvalue weighted by atomic mass is 16.5. The third kappa shape index (κ3) is 9.48. The van der Waals surface area contributed by atoms with Gasteiger partial charge >= 0.3 is 6.03 Å². The van der Waals surface area contributed by atoms with Gasteiger partial charge in [-0.25, -0.2) is 4.79 Å². The molecular formula is C29H40N4O7. The van der Waals surface area contributed by atoms with Crippen LogP contribution in [-0.2, 0) is 27.5 Å². The predicted molar refractivity (Wildman–Crippen MR) is 150 cm³/mol. The first-order valence-corrected chi connectivity index (χ1v) is 13.1. The molecule has 2 rings (SSSR count). The summed E-state index contributed by atoms with van der Waals surface area (Å²) in [5, 5.41) is 10.6. The van der Waals surface area contributed by atoms with Gasteiger partial charge in [0.05, 0.1) is 39.5 Å². The van der Waals surface area contributed by atoms with Gasteiger partial charge in [0.1, 0.15) is 23.3 Å². The van der Waals surface area contributed by atoms with E-state index in [-0.39, 0.29) is 18.9 Å². The van der Waals surface area contributed by atoms with Gasteiger partial charge < -0.3 is 35.5 Å². The molecule has 0 spiro atoms. The molecule has 0 saturated carbocycles. The summed E-state index contributed by atoms with van der Waals surface area (Å²) in [5.74, 6) is -0.810. The molecule has 4 N–H and O–H groups in total. The predicted octanol–water partition coefficient (Wildman–Crippen LogP) is 2.71. The van der Waals surface area contributed by atoms with E-state index in [1.807, 2.05) is 44.2 Å². The molecule has 0 aromatic heterocycles. The van der Waals surface area contributed by atoms with Crippen molar-refractivity contribution in [3.63, 3.8) is 0 Å². The Bertz CT molecular complexity index is 1130. The summed E-state index contributed by atoms with van der Waals surface area (Å²) >= 11 is 0. The van der Waals surface area contributed by atoms with Crippen molar-refractivity contribution in [2.75, 3.05) is 21.3 Å². The van der Waals surface area contributed by atoms with E-state index in [0.29, 0.717) is 35.8 Å². The Balaban J connectivity index is 2.03. The normalized spacial score (nSPS) is 12.1. The zero-order valence-electron chi connectivity index (χ0n) is 24.0. The molecular weight excluding hydrogens is 516 g/mol. The number of amides is 4. The fourth-order valence-electron chi connectivity index (χ4n) is 3.98. The highest BCUT2D eigenvalue weighted by molar-refractivity contribution is 6.38. The van der Waals surface area contributed by atoms with E-state index in [0.717, 1.165) is 5.56 Å². The minimum absolute atomic E-state index is 0.0512. The molecule has 2 unspecified atom stereocenters. The largest absolute Gasteiger partial charge is 0.496 e. The number of nitrogens with one attached hydrogen (secondary N) is 4. The lowest BCUT2D eigenvalue weighted by Gasteiger charge is -2.23. The molecule has 0 radical (unpaired) electrons. The van der Waals surface area contributed by atoms with Crippen LogP contribution in [0.3, 0.4) is 0 Å². The van der Waals surface area contributed by atoms with Crippen molar-refractivity contribution in [1.82, 2.24) is 21.3 Å². The number of carbonyl (C=O) groups is 4. The molecule has 0 saturated heterocycles. The Morgan fingerprint density at radius 3 is 1.95 bits per heavy atom. The second kappa shape index (κ2) is 16.0. The van der Waals surface area contributed by atoms with Gasteiger partial charge in [-0.15, -0.1) is 0 Å². The smallest absolute Gasteiger partial charge is 0.315 e. The summed E-state index contributed by atoms with van der Waals surface area (Å²) < 4.78 is 16.0. The first-order valence-electron chi connectivity index (χ1n) is 13.1. The highest BCUT2D eigenvalue weighted by Gasteiger charge is 2.30. The van der Waals surface area contributed by atoms with Gasteiger partial charge in [0, 0.05) is 18.7 Å². The lowest BCUT2D eigenvalue weighted by Crippen LogP contribution is -2.55. The summed E-state index contributed by atoms with van der Waals surface area (Å²) in [6, 6.07) is 10.2. The third-order valence-electron chi connectivity index (χ3n) is 6.13.